The first-order valence-corrected chi connectivity index (χ1v) is 8.89. The molecule has 1 fully saturated rings. The zero-order valence-electron chi connectivity index (χ0n) is 13.0. The molecule has 0 aliphatic carbocycles. The van der Waals surface area contributed by atoms with Gasteiger partial charge in [0.2, 0.25) is 6.10 Å². The van der Waals surface area contributed by atoms with Gasteiger partial charge in [-0.05, 0) is 19.1 Å². The lowest BCUT2D eigenvalue weighted by molar-refractivity contribution is -0.387. The van der Waals surface area contributed by atoms with Gasteiger partial charge >= 0.3 is 11.9 Å². The van der Waals surface area contributed by atoms with Crippen molar-refractivity contribution in [3.8, 4) is 0 Å². The Morgan fingerprint density at radius 3 is 2.92 bits per heavy atom. The summed E-state index contributed by atoms with van der Waals surface area (Å²) in [6.45, 7) is 2.03. The predicted octanol–water partition coefficient (Wildman–Crippen LogP) is 2.98. The van der Waals surface area contributed by atoms with Crippen molar-refractivity contribution < 1.29 is 24.0 Å². The van der Waals surface area contributed by atoms with Crippen LogP contribution in [0.5, 0.6) is 0 Å². The minimum atomic E-state index is -0.959. The number of ether oxygens (including phenoxy) is 2. The second-order valence-corrected chi connectivity index (χ2v) is 7.29. The van der Waals surface area contributed by atoms with E-state index in [-0.39, 0.29) is 24.3 Å². The van der Waals surface area contributed by atoms with Crippen molar-refractivity contribution in [3.63, 3.8) is 0 Å². The van der Waals surface area contributed by atoms with E-state index in [1.807, 2.05) is 12.3 Å². The van der Waals surface area contributed by atoms with E-state index in [2.05, 4.69) is 4.98 Å². The number of carbonyl (C=O) groups is 2. The Kier molecular flexibility index (Phi) is 5.00. The van der Waals surface area contributed by atoms with Crippen LogP contribution in [0.15, 0.2) is 32.8 Å². The van der Waals surface area contributed by atoms with E-state index in [0.29, 0.717) is 9.24 Å². The van der Waals surface area contributed by atoms with Gasteiger partial charge in [0.05, 0.1) is 22.0 Å². The zero-order valence-corrected chi connectivity index (χ0v) is 14.6. The van der Waals surface area contributed by atoms with E-state index in [1.165, 1.54) is 23.5 Å². The van der Waals surface area contributed by atoms with Gasteiger partial charge in [0.15, 0.2) is 4.34 Å². The van der Waals surface area contributed by atoms with Crippen molar-refractivity contribution in [2.24, 2.45) is 0 Å². The molecule has 1 aliphatic rings. The van der Waals surface area contributed by atoms with E-state index in [4.69, 9.17) is 9.47 Å². The van der Waals surface area contributed by atoms with Gasteiger partial charge in [-0.2, -0.15) is 0 Å². The van der Waals surface area contributed by atoms with Crippen molar-refractivity contribution in [1.82, 2.24) is 4.98 Å². The Morgan fingerprint density at radius 2 is 2.32 bits per heavy atom. The molecule has 8 nitrogen and oxygen atoms in total. The number of rotatable bonds is 5. The van der Waals surface area contributed by atoms with Crippen molar-refractivity contribution in [2.45, 2.75) is 28.7 Å². The fourth-order valence-electron chi connectivity index (χ4n) is 2.13. The molecular formula is C15H12N2O6S2. The largest absolute Gasteiger partial charge is 0.463 e. The number of carbonyl (C=O) groups excluding carboxylic acids is 2. The van der Waals surface area contributed by atoms with Gasteiger partial charge in [-0.3, -0.25) is 10.1 Å². The minimum Gasteiger partial charge on any atom is -0.463 e. The molecule has 0 radical (unpaired) electrons. The lowest BCUT2D eigenvalue weighted by Gasteiger charge is -2.09. The van der Waals surface area contributed by atoms with E-state index < -0.39 is 23.0 Å². The Balaban J connectivity index is 1.82. The molecule has 0 spiro atoms. The molecule has 0 N–H and O–H groups in total. The highest BCUT2D eigenvalue weighted by Crippen LogP contribution is 2.37. The predicted molar refractivity (Wildman–Crippen MR) is 88.8 cm³/mol. The van der Waals surface area contributed by atoms with Crippen molar-refractivity contribution in [2.75, 3.05) is 6.61 Å². The molecule has 2 heterocycles. The summed E-state index contributed by atoms with van der Waals surface area (Å²) < 4.78 is 10.4. The van der Waals surface area contributed by atoms with Gasteiger partial charge in [-0.15, -0.1) is 11.3 Å². The molecule has 25 heavy (non-hydrogen) atoms. The normalized spacial score (nSPS) is 16.5. The van der Waals surface area contributed by atoms with Crippen LogP contribution in [-0.4, -0.2) is 34.6 Å². The van der Waals surface area contributed by atoms with Crippen LogP contribution < -0.4 is 0 Å². The van der Waals surface area contributed by atoms with Gasteiger partial charge in [0.1, 0.15) is 0 Å². The van der Waals surface area contributed by atoms with E-state index in [0.717, 1.165) is 23.5 Å². The third kappa shape index (κ3) is 3.97. The van der Waals surface area contributed by atoms with Crippen LogP contribution in [0.4, 0.5) is 5.69 Å². The third-order valence-electron chi connectivity index (χ3n) is 3.32. The topological polar surface area (TPSA) is 109 Å². The standard InChI is InChI=1S/C15H12N2O6S2/c1-8-7-24-15(16-8)25-12-3-2-9(6-10(12)17(20)21)13(18)23-11-4-5-22-14(11)19/h2-3,6-7,11H,4-5H2,1H3/t11-/m1/s1. The molecule has 1 aromatic carbocycles. The molecule has 0 bridgehead atoms. The lowest BCUT2D eigenvalue weighted by Crippen LogP contribution is -2.22. The Morgan fingerprint density at radius 1 is 1.52 bits per heavy atom. The first-order valence-electron chi connectivity index (χ1n) is 7.20. The third-order valence-corrected chi connectivity index (χ3v) is 5.44. The zero-order chi connectivity index (χ0) is 18.0. The number of nitrogens with zero attached hydrogens (tertiary/aromatic N) is 2. The van der Waals surface area contributed by atoms with Crippen LogP contribution in [0.1, 0.15) is 22.5 Å². The Hall–Kier alpha value is -2.46. The average molecular weight is 380 g/mol. The van der Waals surface area contributed by atoms with Crippen LogP contribution in [-0.2, 0) is 14.3 Å². The maximum Gasteiger partial charge on any atom is 0.347 e. The number of aryl methyl sites for hydroxylation is 1. The number of nitro benzene ring substituents is 1. The molecule has 1 atom stereocenters. The molecule has 1 saturated heterocycles. The number of hydrogen-bond donors (Lipinski definition) is 0. The molecule has 0 amide bonds. The highest BCUT2D eigenvalue weighted by molar-refractivity contribution is 8.01. The molecule has 1 aliphatic heterocycles. The van der Waals surface area contributed by atoms with Gasteiger partial charge in [0, 0.05) is 23.6 Å². The number of thiazole rings is 1. The summed E-state index contributed by atoms with van der Waals surface area (Å²) in [6, 6.07) is 4.05. The number of esters is 2. The van der Waals surface area contributed by atoms with E-state index >= 15 is 0 Å². The maximum atomic E-state index is 12.1. The SMILES string of the molecule is Cc1csc(Sc2ccc(C(=O)O[C@@H]3CCOC3=O)cc2[N+](=O)[O-])n1. The van der Waals surface area contributed by atoms with Crippen LogP contribution >= 0.6 is 23.1 Å². The molecule has 2 aromatic rings. The summed E-state index contributed by atoms with van der Waals surface area (Å²) in [5.41, 5.74) is 0.617. The molecule has 0 unspecified atom stereocenters. The van der Waals surface area contributed by atoms with Gasteiger partial charge in [-0.25, -0.2) is 14.6 Å². The highest BCUT2D eigenvalue weighted by atomic mass is 32.2. The van der Waals surface area contributed by atoms with Gasteiger partial charge < -0.3 is 9.47 Å². The smallest absolute Gasteiger partial charge is 0.347 e. The highest BCUT2D eigenvalue weighted by Gasteiger charge is 2.31. The van der Waals surface area contributed by atoms with Crippen LogP contribution in [0.25, 0.3) is 0 Å². The van der Waals surface area contributed by atoms with Gasteiger partial charge in [0.25, 0.3) is 5.69 Å². The summed E-state index contributed by atoms with van der Waals surface area (Å²) >= 11 is 2.54. The maximum absolute atomic E-state index is 12.1. The summed E-state index contributed by atoms with van der Waals surface area (Å²) in [5, 5.41) is 13.2. The van der Waals surface area contributed by atoms with Crippen LogP contribution in [0.2, 0.25) is 0 Å². The summed E-state index contributed by atoms with van der Waals surface area (Å²) in [7, 11) is 0. The Bertz CT molecular complexity index is 850. The second-order valence-electron chi connectivity index (χ2n) is 5.15. The monoisotopic (exact) mass is 380 g/mol. The van der Waals surface area contributed by atoms with Crippen molar-refractivity contribution >= 4 is 40.7 Å². The van der Waals surface area contributed by atoms with Crippen molar-refractivity contribution in [3.05, 3.63) is 45.0 Å². The summed E-state index contributed by atoms with van der Waals surface area (Å²) in [6.07, 6.45) is -0.678. The number of benzene rings is 1. The first kappa shape index (κ1) is 17.4. The second kappa shape index (κ2) is 7.19. The lowest BCUT2D eigenvalue weighted by atomic mass is 10.2. The van der Waals surface area contributed by atoms with Gasteiger partial charge in [-0.1, -0.05) is 11.8 Å². The average Bonchev–Trinajstić information content (AvgIpc) is 3.16. The molecule has 0 saturated carbocycles. The molecule has 10 heteroatoms. The summed E-state index contributed by atoms with van der Waals surface area (Å²) in [5.74, 6) is -1.40. The molecule has 130 valence electrons. The summed E-state index contributed by atoms with van der Waals surface area (Å²) in [4.78, 5) is 38.9. The van der Waals surface area contributed by atoms with Crippen molar-refractivity contribution in [1.29, 1.82) is 0 Å². The fraction of sp³-hybridized carbons (Fsp3) is 0.267. The number of hydrogen-bond acceptors (Lipinski definition) is 9. The fourth-order valence-corrected chi connectivity index (χ4v) is 4.01. The van der Waals surface area contributed by atoms with Crippen LogP contribution in [0.3, 0.4) is 0 Å². The molecule has 1 aromatic heterocycles. The number of nitro groups is 1. The first-order chi connectivity index (χ1) is 11.9. The number of cyclic esters (lactones) is 1. The molecule has 3 rings (SSSR count). The molecular weight excluding hydrogens is 368 g/mol. The Labute approximate surface area is 150 Å². The quantitative estimate of drug-likeness (QED) is 0.442. The minimum absolute atomic E-state index is 0.00562. The van der Waals surface area contributed by atoms with E-state index in [1.54, 1.807) is 0 Å². The van der Waals surface area contributed by atoms with E-state index in [9.17, 15) is 19.7 Å². The number of aromatic nitrogens is 1. The van der Waals surface area contributed by atoms with Crippen LogP contribution in [0, 0.1) is 17.0 Å².